The van der Waals surface area contributed by atoms with Gasteiger partial charge in [0.25, 0.3) is 0 Å². The highest BCUT2D eigenvalue weighted by atomic mass is 79.9. The summed E-state index contributed by atoms with van der Waals surface area (Å²) in [6.07, 6.45) is 3.72. The van der Waals surface area contributed by atoms with Crippen molar-refractivity contribution in [3.8, 4) is 0 Å². The molecular formula is C15H17BrN2O3. The number of benzene rings is 1. The monoisotopic (exact) mass is 352 g/mol. The van der Waals surface area contributed by atoms with E-state index in [2.05, 4.69) is 26.6 Å². The molecule has 6 heteroatoms. The molecule has 0 fully saturated rings. The molecule has 0 heterocycles. The second kappa shape index (κ2) is 6.30. The number of rotatable bonds is 3. The molecule has 0 saturated heterocycles. The number of aliphatic carboxylic acids is 1. The van der Waals surface area contributed by atoms with Crippen LogP contribution < -0.4 is 10.6 Å². The van der Waals surface area contributed by atoms with Gasteiger partial charge in [-0.25, -0.2) is 4.79 Å². The molecule has 1 aromatic carbocycles. The molecule has 1 aliphatic rings. The molecule has 0 aliphatic heterocycles. The molecule has 5 nitrogen and oxygen atoms in total. The highest BCUT2D eigenvalue weighted by molar-refractivity contribution is 9.10. The second-order valence-electron chi connectivity index (χ2n) is 5.19. The molecule has 21 heavy (non-hydrogen) atoms. The topological polar surface area (TPSA) is 78.4 Å². The molecule has 0 saturated carbocycles. The van der Waals surface area contributed by atoms with Gasteiger partial charge in [0.1, 0.15) is 0 Å². The van der Waals surface area contributed by atoms with Crippen LogP contribution in [0.1, 0.15) is 17.5 Å². The van der Waals surface area contributed by atoms with E-state index in [1.807, 2.05) is 26.0 Å². The van der Waals surface area contributed by atoms with Gasteiger partial charge in [0, 0.05) is 10.2 Å². The van der Waals surface area contributed by atoms with Gasteiger partial charge in [-0.15, -0.1) is 0 Å². The SMILES string of the molecule is Cc1cc(NC(=O)NC2C=CC(C(=O)O)C2)cc(C)c1Br. The van der Waals surface area contributed by atoms with Crippen LogP contribution in [0.15, 0.2) is 28.8 Å². The quantitative estimate of drug-likeness (QED) is 0.730. The van der Waals surface area contributed by atoms with Crippen molar-refractivity contribution >= 4 is 33.6 Å². The van der Waals surface area contributed by atoms with E-state index in [1.54, 1.807) is 12.2 Å². The fraction of sp³-hybridized carbons (Fsp3) is 0.333. The Morgan fingerprint density at radius 3 is 2.38 bits per heavy atom. The summed E-state index contributed by atoms with van der Waals surface area (Å²) in [6, 6.07) is 3.17. The number of carboxylic acid groups (broad SMARTS) is 1. The van der Waals surface area contributed by atoms with E-state index < -0.39 is 11.9 Å². The third-order valence-corrected chi connectivity index (χ3v) is 4.66. The van der Waals surface area contributed by atoms with E-state index in [4.69, 9.17) is 5.11 Å². The zero-order valence-electron chi connectivity index (χ0n) is 11.8. The number of halogens is 1. The molecular weight excluding hydrogens is 336 g/mol. The Balaban J connectivity index is 1.94. The van der Waals surface area contributed by atoms with Crippen LogP contribution in [-0.2, 0) is 4.79 Å². The van der Waals surface area contributed by atoms with Gasteiger partial charge in [0.2, 0.25) is 0 Å². The summed E-state index contributed by atoms with van der Waals surface area (Å²) in [7, 11) is 0. The minimum Gasteiger partial charge on any atom is -0.481 e. The van der Waals surface area contributed by atoms with Crippen LogP contribution in [0.4, 0.5) is 10.5 Å². The van der Waals surface area contributed by atoms with Crippen molar-refractivity contribution in [2.45, 2.75) is 26.3 Å². The molecule has 0 bridgehead atoms. The van der Waals surface area contributed by atoms with Gasteiger partial charge in [0.15, 0.2) is 0 Å². The highest BCUT2D eigenvalue weighted by Crippen LogP contribution is 2.25. The number of nitrogens with one attached hydrogen (secondary N) is 2. The van der Waals surface area contributed by atoms with Crippen molar-refractivity contribution < 1.29 is 14.7 Å². The number of carboxylic acids is 1. The minimum atomic E-state index is -0.866. The van der Waals surface area contributed by atoms with Crippen molar-refractivity contribution in [2.75, 3.05) is 5.32 Å². The summed E-state index contributed by atoms with van der Waals surface area (Å²) in [4.78, 5) is 22.8. The van der Waals surface area contributed by atoms with Gasteiger partial charge in [-0.2, -0.15) is 0 Å². The molecule has 112 valence electrons. The zero-order valence-corrected chi connectivity index (χ0v) is 13.4. The first-order valence-electron chi connectivity index (χ1n) is 6.62. The fourth-order valence-electron chi connectivity index (χ4n) is 2.34. The standard InChI is InChI=1S/C15H17BrN2O3/c1-8-5-12(6-9(2)13(8)16)18-15(21)17-11-4-3-10(7-11)14(19)20/h3-6,10-11H,7H2,1-2H3,(H,19,20)(H2,17,18,21). The molecule has 1 aliphatic carbocycles. The predicted octanol–water partition coefficient (Wildman–Crippen LogP) is 3.22. The summed E-state index contributed by atoms with van der Waals surface area (Å²) in [5.41, 5.74) is 2.79. The summed E-state index contributed by atoms with van der Waals surface area (Å²) in [5, 5.41) is 14.4. The van der Waals surface area contributed by atoms with Gasteiger partial charge < -0.3 is 15.7 Å². The van der Waals surface area contributed by atoms with E-state index in [-0.39, 0.29) is 12.1 Å². The Hall–Kier alpha value is -1.82. The smallest absolute Gasteiger partial charge is 0.319 e. The van der Waals surface area contributed by atoms with Crippen LogP contribution in [0, 0.1) is 19.8 Å². The number of anilines is 1. The third-order valence-electron chi connectivity index (χ3n) is 3.41. The molecule has 2 amide bonds. The molecule has 3 N–H and O–H groups in total. The Kier molecular flexibility index (Phi) is 4.67. The first-order valence-corrected chi connectivity index (χ1v) is 7.41. The lowest BCUT2D eigenvalue weighted by atomic mass is 10.1. The number of hydrogen-bond donors (Lipinski definition) is 3. The summed E-state index contributed by atoms with van der Waals surface area (Å²) in [5.74, 6) is -1.39. The predicted molar refractivity (Wildman–Crippen MR) is 84.4 cm³/mol. The van der Waals surface area contributed by atoms with Gasteiger partial charge in [-0.1, -0.05) is 28.1 Å². The van der Waals surface area contributed by atoms with Crippen molar-refractivity contribution in [1.82, 2.24) is 5.32 Å². The normalized spacial score (nSPS) is 20.3. The lowest BCUT2D eigenvalue weighted by molar-refractivity contribution is -0.140. The van der Waals surface area contributed by atoms with Gasteiger partial charge >= 0.3 is 12.0 Å². The van der Waals surface area contributed by atoms with Crippen LogP contribution >= 0.6 is 15.9 Å². The average molecular weight is 353 g/mol. The van der Waals surface area contributed by atoms with E-state index in [0.717, 1.165) is 15.6 Å². The van der Waals surface area contributed by atoms with Crippen LogP contribution in [0.5, 0.6) is 0 Å². The molecule has 0 spiro atoms. The Morgan fingerprint density at radius 1 is 1.24 bits per heavy atom. The Morgan fingerprint density at radius 2 is 1.86 bits per heavy atom. The van der Waals surface area contributed by atoms with Crippen LogP contribution in [0.3, 0.4) is 0 Å². The average Bonchev–Trinajstić information content (AvgIpc) is 2.84. The number of aryl methyl sites for hydroxylation is 2. The maximum atomic E-state index is 11.9. The molecule has 0 radical (unpaired) electrons. The van der Waals surface area contributed by atoms with Crippen LogP contribution in [-0.4, -0.2) is 23.1 Å². The zero-order chi connectivity index (χ0) is 15.6. The van der Waals surface area contributed by atoms with Gasteiger partial charge in [-0.3, -0.25) is 4.79 Å². The van der Waals surface area contributed by atoms with Crippen molar-refractivity contribution in [2.24, 2.45) is 5.92 Å². The van der Waals surface area contributed by atoms with Crippen molar-refractivity contribution in [1.29, 1.82) is 0 Å². The van der Waals surface area contributed by atoms with E-state index in [9.17, 15) is 9.59 Å². The maximum absolute atomic E-state index is 11.9. The second-order valence-corrected chi connectivity index (χ2v) is 5.99. The highest BCUT2D eigenvalue weighted by Gasteiger charge is 2.25. The first kappa shape index (κ1) is 15.6. The largest absolute Gasteiger partial charge is 0.481 e. The lowest BCUT2D eigenvalue weighted by Crippen LogP contribution is -2.36. The number of amides is 2. The number of hydrogen-bond acceptors (Lipinski definition) is 2. The minimum absolute atomic E-state index is 0.247. The van der Waals surface area contributed by atoms with Gasteiger partial charge in [-0.05, 0) is 43.5 Å². The number of urea groups is 1. The van der Waals surface area contributed by atoms with E-state index in [1.165, 1.54) is 0 Å². The number of carbonyl (C=O) groups excluding carboxylic acids is 1. The summed E-state index contributed by atoms with van der Waals surface area (Å²) >= 11 is 3.48. The van der Waals surface area contributed by atoms with Crippen LogP contribution in [0.25, 0.3) is 0 Å². The Bertz CT molecular complexity index is 590. The Labute approximate surface area is 131 Å². The summed E-state index contributed by atoms with van der Waals surface area (Å²) < 4.78 is 1.02. The molecule has 1 aromatic rings. The van der Waals surface area contributed by atoms with Gasteiger partial charge in [0.05, 0.1) is 12.0 Å². The molecule has 0 aromatic heterocycles. The summed E-state index contributed by atoms with van der Waals surface area (Å²) in [6.45, 7) is 3.91. The van der Waals surface area contributed by atoms with Crippen LogP contribution in [0.2, 0.25) is 0 Å². The van der Waals surface area contributed by atoms with E-state index >= 15 is 0 Å². The molecule has 2 unspecified atom stereocenters. The van der Waals surface area contributed by atoms with E-state index in [0.29, 0.717) is 12.1 Å². The maximum Gasteiger partial charge on any atom is 0.319 e. The fourth-order valence-corrected chi connectivity index (χ4v) is 2.57. The van der Waals surface area contributed by atoms with Crippen molar-refractivity contribution in [3.63, 3.8) is 0 Å². The first-order chi connectivity index (χ1) is 9.86. The van der Waals surface area contributed by atoms with Crippen molar-refractivity contribution in [3.05, 3.63) is 39.9 Å². The molecule has 2 rings (SSSR count). The number of carbonyl (C=O) groups is 2. The molecule has 2 atom stereocenters. The third kappa shape index (κ3) is 3.85. The lowest BCUT2D eigenvalue weighted by Gasteiger charge is -2.14.